The van der Waals surface area contributed by atoms with E-state index < -0.39 is 0 Å². The summed E-state index contributed by atoms with van der Waals surface area (Å²) in [5.41, 5.74) is 6.05. The van der Waals surface area contributed by atoms with Gasteiger partial charge in [0.1, 0.15) is 12.1 Å². The summed E-state index contributed by atoms with van der Waals surface area (Å²) in [4.78, 5) is 14.1. The summed E-state index contributed by atoms with van der Waals surface area (Å²) in [5.74, 6) is 1.52. The van der Waals surface area contributed by atoms with Crippen LogP contribution in [0.1, 0.15) is 16.8 Å². The highest BCUT2D eigenvalue weighted by Crippen LogP contribution is 2.30. The van der Waals surface area contributed by atoms with Crippen LogP contribution in [0.25, 0.3) is 33.9 Å². The van der Waals surface area contributed by atoms with Crippen molar-refractivity contribution in [1.29, 1.82) is 0 Å². The van der Waals surface area contributed by atoms with Crippen molar-refractivity contribution in [3.63, 3.8) is 0 Å². The van der Waals surface area contributed by atoms with Crippen molar-refractivity contribution in [2.75, 3.05) is 0 Å². The van der Waals surface area contributed by atoms with Gasteiger partial charge in [-0.05, 0) is 54.4 Å². The zero-order valence-corrected chi connectivity index (χ0v) is 17.3. The first-order valence-electron chi connectivity index (χ1n) is 8.95. The molecule has 138 valence electrons. The molecule has 0 saturated heterocycles. The van der Waals surface area contributed by atoms with Gasteiger partial charge < -0.3 is 0 Å². The lowest BCUT2D eigenvalue weighted by Gasteiger charge is -2.06. The van der Waals surface area contributed by atoms with Crippen molar-refractivity contribution in [3.05, 3.63) is 70.2 Å². The molecule has 6 nitrogen and oxygen atoms in total. The predicted molar refractivity (Wildman–Crippen MR) is 113 cm³/mol. The Kier molecular flexibility index (Phi) is 3.80. The third kappa shape index (κ3) is 2.54. The van der Waals surface area contributed by atoms with Crippen LogP contribution in [0.2, 0.25) is 0 Å². The number of benzene rings is 1. The normalized spacial score (nSPS) is 11.6. The van der Waals surface area contributed by atoms with Gasteiger partial charge in [-0.15, -0.1) is 5.10 Å². The molecule has 0 bridgehead atoms. The second-order valence-electron chi connectivity index (χ2n) is 6.89. The van der Waals surface area contributed by atoms with E-state index in [1.165, 1.54) is 5.56 Å². The first-order chi connectivity index (χ1) is 13.5. The van der Waals surface area contributed by atoms with Crippen LogP contribution in [0.15, 0.2) is 53.4 Å². The molecule has 7 heteroatoms. The number of aromatic nitrogens is 6. The molecule has 0 radical (unpaired) electrons. The molecule has 0 fully saturated rings. The summed E-state index contributed by atoms with van der Waals surface area (Å²) in [7, 11) is 0. The Balaban J connectivity index is 1.77. The van der Waals surface area contributed by atoms with Gasteiger partial charge in [0.25, 0.3) is 0 Å². The second-order valence-corrected chi connectivity index (χ2v) is 7.81. The highest BCUT2D eigenvalue weighted by atomic mass is 79.9. The van der Waals surface area contributed by atoms with E-state index in [0.29, 0.717) is 5.82 Å². The Labute approximate surface area is 170 Å². The second kappa shape index (κ2) is 6.24. The number of fused-ring (bicyclic) bond motifs is 3. The van der Waals surface area contributed by atoms with Crippen LogP contribution in [-0.2, 0) is 0 Å². The van der Waals surface area contributed by atoms with E-state index >= 15 is 0 Å². The summed E-state index contributed by atoms with van der Waals surface area (Å²) in [5, 5.41) is 5.64. The molecule has 0 N–H and O–H groups in total. The van der Waals surface area contributed by atoms with Crippen LogP contribution in [0, 0.1) is 20.8 Å². The molecule has 5 rings (SSSR count). The van der Waals surface area contributed by atoms with E-state index in [0.717, 1.165) is 43.8 Å². The van der Waals surface area contributed by atoms with Gasteiger partial charge in [-0.1, -0.05) is 29.8 Å². The van der Waals surface area contributed by atoms with Crippen molar-refractivity contribution >= 4 is 32.6 Å². The maximum atomic E-state index is 4.83. The third-order valence-corrected chi connectivity index (χ3v) is 5.55. The summed E-state index contributed by atoms with van der Waals surface area (Å²) < 4.78 is 4.76. The summed E-state index contributed by atoms with van der Waals surface area (Å²) in [6.07, 6.45) is 3.51. The highest BCUT2D eigenvalue weighted by molar-refractivity contribution is 9.10. The molecule has 4 heterocycles. The van der Waals surface area contributed by atoms with Crippen molar-refractivity contribution in [2.45, 2.75) is 20.8 Å². The number of hydrogen-bond donors (Lipinski definition) is 0. The number of hydrogen-bond acceptors (Lipinski definition) is 4. The maximum Gasteiger partial charge on any atom is 0.182 e. The van der Waals surface area contributed by atoms with Gasteiger partial charge in [-0.25, -0.2) is 19.5 Å². The van der Waals surface area contributed by atoms with E-state index in [-0.39, 0.29) is 0 Å². The molecule has 0 atom stereocenters. The van der Waals surface area contributed by atoms with E-state index in [2.05, 4.69) is 68.5 Å². The average Bonchev–Trinajstić information content (AvgIpc) is 3.23. The quantitative estimate of drug-likeness (QED) is 0.401. The molecule has 5 aromatic rings. The SMILES string of the molecule is Cc1ccc(-c2nc3c4c(C)c(C)n(-c5ccc(Br)cn5)c4ncn3n2)cc1. The van der Waals surface area contributed by atoms with Crippen LogP contribution in [0.5, 0.6) is 0 Å². The number of halogens is 1. The maximum absolute atomic E-state index is 4.83. The van der Waals surface area contributed by atoms with Gasteiger partial charge >= 0.3 is 0 Å². The molecule has 0 unspecified atom stereocenters. The summed E-state index contributed by atoms with van der Waals surface area (Å²) in [6, 6.07) is 12.2. The van der Waals surface area contributed by atoms with Gasteiger partial charge in [0.05, 0.1) is 5.39 Å². The molecular weight excluding hydrogens is 416 g/mol. The molecule has 0 aliphatic heterocycles. The number of pyridine rings is 1. The highest BCUT2D eigenvalue weighted by Gasteiger charge is 2.19. The Hall–Kier alpha value is -3.06. The van der Waals surface area contributed by atoms with Gasteiger partial charge in [0.15, 0.2) is 17.1 Å². The fourth-order valence-corrected chi connectivity index (χ4v) is 3.70. The lowest BCUT2D eigenvalue weighted by Crippen LogP contribution is -2.01. The van der Waals surface area contributed by atoms with E-state index in [4.69, 9.17) is 4.98 Å². The van der Waals surface area contributed by atoms with Crippen molar-refractivity contribution < 1.29 is 0 Å². The Morgan fingerprint density at radius 3 is 2.39 bits per heavy atom. The van der Waals surface area contributed by atoms with Crippen molar-refractivity contribution in [3.8, 4) is 17.2 Å². The van der Waals surface area contributed by atoms with Crippen LogP contribution >= 0.6 is 15.9 Å². The van der Waals surface area contributed by atoms with Gasteiger partial charge in [0, 0.05) is 21.9 Å². The first kappa shape index (κ1) is 17.1. The molecule has 4 aromatic heterocycles. The van der Waals surface area contributed by atoms with E-state index in [9.17, 15) is 0 Å². The molecule has 0 aliphatic carbocycles. The lowest BCUT2D eigenvalue weighted by atomic mass is 10.1. The Bertz CT molecular complexity index is 1330. The predicted octanol–water partition coefficient (Wildman–Crippen LogP) is 4.82. The van der Waals surface area contributed by atoms with Crippen LogP contribution < -0.4 is 0 Å². The number of aryl methyl sites for hydroxylation is 2. The van der Waals surface area contributed by atoms with Gasteiger partial charge in [-0.3, -0.25) is 4.57 Å². The third-order valence-electron chi connectivity index (χ3n) is 5.08. The molecule has 0 aliphatic rings. The molecular formula is C21H17BrN6. The largest absolute Gasteiger partial charge is 0.282 e. The molecule has 0 saturated carbocycles. The standard InChI is InChI=1S/C21H17BrN6/c1-12-4-6-15(7-5-12)19-25-21-18-13(2)14(3)28(17-9-8-16(22)10-23-17)20(18)24-11-27(21)26-19/h4-11H,1-3H3. The van der Waals surface area contributed by atoms with Crippen molar-refractivity contribution in [1.82, 2.24) is 29.1 Å². The number of nitrogens with zero attached hydrogens (tertiary/aromatic N) is 6. The van der Waals surface area contributed by atoms with Crippen LogP contribution in [-0.4, -0.2) is 29.1 Å². The monoisotopic (exact) mass is 432 g/mol. The fourth-order valence-electron chi connectivity index (χ4n) is 3.47. The summed E-state index contributed by atoms with van der Waals surface area (Å²) >= 11 is 3.44. The van der Waals surface area contributed by atoms with Crippen molar-refractivity contribution in [2.24, 2.45) is 0 Å². The fraction of sp³-hybridized carbons (Fsp3) is 0.143. The molecule has 0 spiro atoms. The van der Waals surface area contributed by atoms with Crippen LogP contribution in [0.3, 0.4) is 0 Å². The Morgan fingerprint density at radius 2 is 1.68 bits per heavy atom. The average molecular weight is 433 g/mol. The smallest absolute Gasteiger partial charge is 0.182 e. The zero-order valence-electron chi connectivity index (χ0n) is 15.7. The molecule has 1 aromatic carbocycles. The van der Waals surface area contributed by atoms with E-state index in [1.807, 2.05) is 24.3 Å². The van der Waals surface area contributed by atoms with Gasteiger partial charge in [0.2, 0.25) is 0 Å². The minimum Gasteiger partial charge on any atom is -0.282 e. The molecule has 0 amide bonds. The Morgan fingerprint density at radius 1 is 0.893 bits per heavy atom. The van der Waals surface area contributed by atoms with E-state index in [1.54, 1.807) is 17.0 Å². The summed E-state index contributed by atoms with van der Waals surface area (Å²) in [6.45, 7) is 6.24. The minimum absolute atomic E-state index is 0.695. The molecule has 28 heavy (non-hydrogen) atoms. The zero-order chi connectivity index (χ0) is 19.4. The minimum atomic E-state index is 0.695. The first-order valence-corrected chi connectivity index (χ1v) is 9.74. The number of rotatable bonds is 2. The lowest BCUT2D eigenvalue weighted by molar-refractivity contribution is 0.919. The van der Waals surface area contributed by atoms with Crippen LogP contribution in [0.4, 0.5) is 0 Å². The van der Waals surface area contributed by atoms with Gasteiger partial charge in [-0.2, -0.15) is 0 Å². The topological polar surface area (TPSA) is 60.9 Å².